The summed E-state index contributed by atoms with van der Waals surface area (Å²) < 4.78 is 0. The highest BCUT2D eigenvalue weighted by molar-refractivity contribution is 7.80. The number of thiophene rings is 1. The Balaban J connectivity index is 1.52. The third-order valence-electron chi connectivity index (χ3n) is 5.27. The van der Waals surface area contributed by atoms with E-state index in [1.54, 1.807) is 11.3 Å². The van der Waals surface area contributed by atoms with Crippen LogP contribution in [0.4, 0.5) is 0 Å². The van der Waals surface area contributed by atoms with E-state index < -0.39 is 0 Å². The second-order valence-corrected chi connectivity index (χ2v) is 8.98. The Labute approximate surface area is 191 Å². The molecule has 2 aromatic heterocycles. The minimum Gasteiger partial charge on any atom is -0.362 e. The molecule has 4 rings (SSSR count). The van der Waals surface area contributed by atoms with E-state index in [-0.39, 0.29) is 5.56 Å². The number of hydrogen-bond donors (Lipinski definition) is 2. The molecule has 0 aliphatic carbocycles. The summed E-state index contributed by atoms with van der Waals surface area (Å²) in [5.74, 6) is 0. The third kappa shape index (κ3) is 5.40. The van der Waals surface area contributed by atoms with Crippen molar-refractivity contribution in [1.82, 2.24) is 15.2 Å². The van der Waals surface area contributed by atoms with Crippen LogP contribution >= 0.6 is 23.6 Å². The first kappa shape index (κ1) is 21.3. The second kappa shape index (κ2) is 9.90. The Bertz CT molecular complexity index is 1220. The van der Waals surface area contributed by atoms with E-state index in [1.807, 2.05) is 55.5 Å². The SMILES string of the molecule is Cc1cccc2cc(CN(Cc3cccs3)C(=S)NCCc3ccccc3)c(=O)[nH]c12. The number of nitrogens with zero attached hydrogens (tertiary/aromatic N) is 1. The van der Waals surface area contributed by atoms with Gasteiger partial charge in [0.05, 0.1) is 18.6 Å². The number of rotatable bonds is 7. The molecule has 4 nitrogen and oxygen atoms in total. The summed E-state index contributed by atoms with van der Waals surface area (Å²) >= 11 is 7.42. The molecule has 0 spiro atoms. The molecule has 0 unspecified atom stereocenters. The van der Waals surface area contributed by atoms with Gasteiger partial charge in [0.15, 0.2) is 5.11 Å². The predicted octanol–water partition coefficient (Wildman–Crippen LogP) is 5.02. The average molecular weight is 448 g/mol. The van der Waals surface area contributed by atoms with Gasteiger partial charge in [-0.3, -0.25) is 4.79 Å². The van der Waals surface area contributed by atoms with Crippen molar-refractivity contribution in [2.45, 2.75) is 26.4 Å². The number of pyridine rings is 1. The van der Waals surface area contributed by atoms with Gasteiger partial charge in [0.2, 0.25) is 0 Å². The second-order valence-electron chi connectivity index (χ2n) is 7.57. The van der Waals surface area contributed by atoms with Gasteiger partial charge in [0.25, 0.3) is 5.56 Å². The van der Waals surface area contributed by atoms with Crippen LogP contribution in [0.5, 0.6) is 0 Å². The minimum absolute atomic E-state index is 0.0648. The largest absolute Gasteiger partial charge is 0.362 e. The first-order valence-electron chi connectivity index (χ1n) is 10.3. The predicted molar refractivity (Wildman–Crippen MR) is 134 cm³/mol. The molecule has 0 atom stereocenters. The third-order valence-corrected chi connectivity index (χ3v) is 6.54. The molecule has 0 bridgehead atoms. The fourth-order valence-corrected chi connectivity index (χ4v) is 4.56. The number of benzene rings is 2. The number of thiocarbonyl (C=S) groups is 1. The first-order chi connectivity index (χ1) is 15.1. The lowest BCUT2D eigenvalue weighted by Gasteiger charge is -2.25. The lowest BCUT2D eigenvalue weighted by atomic mass is 10.1. The standard InChI is InChI=1S/C25H25N3OS2/c1-18-7-5-10-20-15-21(24(29)27-23(18)20)16-28(17-22-11-6-14-31-22)25(30)26-13-12-19-8-3-2-4-9-19/h2-11,14-15H,12-13,16-17H2,1H3,(H,26,30)(H,27,29). The lowest BCUT2D eigenvalue weighted by Crippen LogP contribution is -2.40. The number of nitrogens with one attached hydrogen (secondary N) is 2. The Morgan fingerprint density at radius 2 is 1.90 bits per heavy atom. The zero-order valence-electron chi connectivity index (χ0n) is 17.4. The lowest BCUT2D eigenvalue weighted by molar-refractivity contribution is 0.401. The average Bonchev–Trinajstić information content (AvgIpc) is 3.28. The fourth-order valence-electron chi connectivity index (χ4n) is 3.61. The summed E-state index contributed by atoms with van der Waals surface area (Å²) in [4.78, 5) is 19.1. The van der Waals surface area contributed by atoms with Crippen LogP contribution in [0, 0.1) is 6.92 Å². The molecule has 0 aliphatic heterocycles. The fraction of sp³-hybridized carbons (Fsp3) is 0.200. The Morgan fingerprint density at radius 1 is 1.06 bits per heavy atom. The number of para-hydroxylation sites is 1. The summed E-state index contributed by atoms with van der Waals surface area (Å²) in [6, 6.07) is 22.5. The quantitative estimate of drug-likeness (QED) is 0.391. The molecule has 2 heterocycles. The smallest absolute Gasteiger partial charge is 0.253 e. The molecule has 0 radical (unpaired) electrons. The monoisotopic (exact) mass is 447 g/mol. The van der Waals surface area contributed by atoms with Crippen molar-refractivity contribution in [3.63, 3.8) is 0 Å². The molecule has 2 aromatic carbocycles. The maximum atomic E-state index is 12.8. The molecular formula is C25H25N3OS2. The van der Waals surface area contributed by atoms with Crippen molar-refractivity contribution in [3.05, 3.63) is 104 Å². The van der Waals surface area contributed by atoms with E-state index in [4.69, 9.17) is 12.2 Å². The molecule has 0 fully saturated rings. The van der Waals surface area contributed by atoms with Gasteiger partial charge in [-0.2, -0.15) is 0 Å². The van der Waals surface area contributed by atoms with Crippen molar-refractivity contribution in [3.8, 4) is 0 Å². The van der Waals surface area contributed by atoms with E-state index in [0.717, 1.165) is 29.4 Å². The van der Waals surface area contributed by atoms with Gasteiger partial charge >= 0.3 is 0 Å². The number of hydrogen-bond acceptors (Lipinski definition) is 3. The number of aryl methyl sites for hydroxylation is 1. The summed E-state index contributed by atoms with van der Waals surface area (Å²) in [5, 5.41) is 7.14. The Hall–Kier alpha value is -2.96. The molecule has 0 saturated heterocycles. The summed E-state index contributed by atoms with van der Waals surface area (Å²) in [6.07, 6.45) is 0.893. The normalized spacial score (nSPS) is 10.9. The zero-order valence-corrected chi connectivity index (χ0v) is 19.1. The maximum absolute atomic E-state index is 12.8. The number of fused-ring (bicyclic) bond motifs is 1. The summed E-state index contributed by atoms with van der Waals surface area (Å²) in [7, 11) is 0. The van der Waals surface area contributed by atoms with Crippen LogP contribution in [-0.4, -0.2) is 21.5 Å². The van der Waals surface area contributed by atoms with Gasteiger partial charge in [0, 0.05) is 17.0 Å². The Kier molecular flexibility index (Phi) is 6.79. The van der Waals surface area contributed by atoms with Crippen LogP contribution in [-0.2, 0) is 19.5 Å². The van der Waals surface area contributed by atoms with Gasteiger partial charge in [0.1, 0.15) is 0 Å². The number of aromatic amines is 1. The van der Waals surface area contributed by atoms with Crippen molar-refractivity contribution < 1.29 is 0 Å². The van der Waals surface area contributed by atoms with E-state index in [1.165, 1.54) is 10.4 Å². The Morgan fingerprint density at radius 3 is 2.68 bits per heavy atom. The van der Waals surface area contributed by atoms with Crippen LogP contribution in [0.2, 0.25) is 0 Å². The molecule has 31 heavy (non-hydrogen) atoms. The summed E-state index contributed by atoms with van der Waals surface area (Å²) in [6.45, 7) is 3.87. The van der Waals surface area contributed by atoms with Gasteiger partial charge in [-0.1, -0.05) is 54.6 Å². The van der Waals surface area contributed by atoms with Crippen molar-refractivity contribution in [2.75, 3.05) is 6.54 Å². The minimum atomic E-state index is -0.0648. The maximum Gasteiger partial charge on any atom is 0.253 e. The zero-order chi connectivity index (χ0) is 21.6. The summed E-state index contributed by atoms with van der Waals surface area (Å²) in [5.41, 5.74) is 3.87. The molecule has 0 aliphatic rings. The van der Waals surface area contributed by atoms with Gasteiger partial charge in [-0.05, 0) is 59.6 Å². The van der Waals surface area contributed by atoms with E-state index in [0.29, 0.717) is 23.8 Å². The van der Waals surface area contributed by atoms with Crippen LogP contribution in [0.3, 0.4) is 0 Å². The molecule has 4 aromatic rings. The van der Waals surface area contributed by atoms with Crippen LogP contribution in [0.25, 0.3) is 10.9 Å². The van der Waals surface area contributed by atoms with E-state index in [2.05, 4.69) is 38.8 Å². The van der Waals surface area contributed by atoms with E-state index >= 15 is 0 Å². The first-order valence-corrected chi connectivity index (χ1v) is 11.6. The molecule has 6 heteroatoms. The molecule has 158 valence electrons. The van der Waals surface area contributed by atoms with Gasteiger partial charge < -0.3 is 15.2 Å². The highest BCUT2D eigenvalue weighted by Gasteiger charge is 2.15. The van der Waals surface area contributed by atoms with Crippen molar-refractivity contribution in [1.29, 1.82) is 0 Å². The number of aromatic nitrogens is 1. The van der Waals surface area contributed by atoms with Crippen LogP contribution in [0.15, 0.2) is 76.9 Å². The molecule has 2 N–H and O–H groups in total. The van der Waals surface area contributed by atoms with Crippen LogP contribution < -0.4 is 10.9 Å². The highest BCUT2D eigenvalue weighted by atomic mass is 32.1. The topological polar surface area (TPSA) is 48.1 Å². The van der Waals surface area contributed by atoms with E-state index in [9.17, 15) is 4.79 Å². The van der Waals surface area contributed by atoms with Crippen LogP contribution in [0.1, 0.15) is 21.6 Å². The highest BCUT2D eigenvalue weighted by Crippen LogP contribution is 2.18. The van der Waals surface area contributed by atoms with Gasteiger partial charge in [-0.15, -0.1) is 11.3 Å². The van der Waals surface area contributed by atoms with Crippen molar-refractivity contribution in [2.24, 2.45) is 0 Å². The van der Waals surface area contributed by atoms with Gasteiger partial charge in [-0.25, -0.2) is 0 Å². The molecule has 0 amide bonds. The molecular weight excluding hydrogens is 422 g/mol. The molecule has 0 saturated carbocycles. The van der Waals surface area contributed by atoms with Crippen molar-refractivity contribution >= 4 is 39.6 Å². The number of H-pyrrole nitrogens is 1.